The van der Waals surface area contributed by atoms with E-state index in [9.17, 15) is 4.79 Å². The van der Waals surface area contributed by atoms with Crippen LogP contribution < -0.4 is 4.74 Å². The van der Waals surface area contributed by atoms with Crippen LogP contribution in [0, 0.1) is 0 Å². The van der Waals surface area contributed by atoms with Gasteiger partial charge in [-0.3, -0.25) is 0 Å². The third-order valence-corrected chi connectivity index (χ3v) is 6.03. The van der Waals surface area contributed by atoms with Gasteiger partial charge in [-0.25, -0.2) is 4.79 Å². The van der Waals surface area contributed by atoms with E-state index in [0.29, 0.717) is 25.6 Å². The van der Waals surface area contributed by atoms with Crippen LogP contribution in [-0.2, 0) is 0 Å². The zero-order valence-corrected chi connectivity index (χ0v) is 15.7. The van der Waals surface area contributed by atoms with Gasteiger partial charge in [-0.1, -0.05) is 11.6 Å². The van der Waals surface area contributed by atoms with E-state index in [1.54, 1.807) is 6.33 Å². The Labute approximate surface area is 162 Å². The first-order valence-electron chi connectivity index (χ1n) is 9.53. The molecule has 5 rings (SSSR count). The maximum absolute atomic E-state index is 12.7. The van der Waals surface area contributed by atoms with Gasteiger partial charge in [0.1, 0.15) is 24.0 Å². The molecule has 27 heavy (non-hydrogen) atoms. The van der Waals surface area contributed by atoms with Crippen molar-refractivity contribution in [3.63, 3.8) is 0 Å². The number of nitrogens with zero attached hydrogens (tertiary/aromatic N) is 4. The number of carbonyl (C=O) groups excluding carboxylic acids is 1. The number of halogens is 1. The number of hydrogen-bond donors (Lipinski definition) is 1. The minimum Gasteiger partial charge on any atom is -0.487 e. The van der Waals surface area contributed by atoms with Crippen LogP contribution in [0.5, 0.6) is 5.75 Å². The third kappa shape index (κ3) is 3.36. The van der Waals surface area contributed by atoms with E-state index < -0.39 is 0 Å². The van der Waals surface area contributed by atoms with E-state index in [4.69, 9.17) is 16.3 Å². The molecule has 1 atom stereocenters. The Bertz CT molecular complexity index is 833. The van der Waals surface area contributed by atoms with E-state index in [-0.39, 0.29) is 18.1 Å². The van der Waals surface area contributed by atoms with Crippen molar-refractivity contribution in [1.82, 2.24) is 25.0 Å². The number of rotatable bonds is 4. The van der Waals surface area contributed by atoms with Crippen molar-refractivity contribution in [2.45, 2.75) is 37.2 Å². The average molecular weight is 388 g/mol. The van der Waals surface area contributed by atoms with Crippen LogP contribution in [0.25, 0.3) is 0 Å². The summed E-state index contributed by atoms with van der Waals surface area (Å²) in [6.07, 6.45) is 4.97. The zero-order chi connectivity index (χ0) is 18.4. The van der Waals surface area contributed by atoms with Crippen molar-refractivity contribution < 1.29 is 9.53 Å². The number of benzene rings is 1. The van der Waals surface area contributed by atoms with Gasteiger partial charge < -0.3 is 19.5 Å². The summed E-state index contributed by atoms with van der Waals surface area (Å²) >= 11 is 6.28. The second-order valence-electron chi connectivity index (χ2n) is 7.69. The van der Waals surface area contributed by atoms with Crippen LogP contribution in [-0.4, -0.2) is 63.3 Å². The molecule has 2 saturated heterocycles. The topological polar surface area (TPSA) is 74.3 Å². The van der Waals surface area contributed by atoms with E-state index in [2.05, 4.69) is 21.2 Å². The first kappa shape index (κ1) is 16.9. The Morgan fingerprint density at radius 2 is 2.00 bits per heavy atom. The van der Waals surface area contributed by atoms with Crippen LogP contribution >= 0.6 is 11.6 Å². The summed E-state index contributed by atoms with van der Waals surface area (Å²) < 4.78 is 6.05. The Hall–Kier alpha value is -2.28. The number of aromatic amines is 1. The maximum Gasteiger partial charge on any atom is 0.320 e. The van der Waals surface area contributed by atoms with Gasteiger partial charge in [0.15, 0.2) is 0 Å². The quantitative estimate of drug-likeness (QED) is 0.875. The van der Waals surface area contributed by atoms with Crippen molar-refractivity contribution in [1.29, 1.82) is 0 Å². The van der Waals surface area contributed by atoms with Gasteiger partial charge in [0.05, 0.1) is 13.1 Å². The first-order valence-corrected chi connectivity index (χ1v) is 9.91. The predicted molar refractivity (Wildman–Crippen MR) is 100 cm³/mol. The lowest BCUT2D eigenvalue weighted by Crippen LogP contribution is -2.59. The maximum atomic E-state index is 12.7. The number of ether oxygens (including phenoxy) is 1. The highest BCUT2D eigenvalue weighted by Gasteiger charge is 2.38. The van der Waals surface area contributed by atoms with Gasteiger partial charge in [0, 0.05) is 24.0 Å². The Morgan fingerprint density at radius 1 is 1.15 bits per heavy atom. The standard InChI is InChI=1S/C19H22ClN5O2/c20-17-4-3-14(7-16(17)12-1-2-12)27-15-9-25(10-15)19(26)24-6-5-13(8-24)18-21-11-22-23-18/h3-4,7,11-13,15H,1-2,5-6,8-10H2,(H,21,22,23)/t13-/m0/s1. The molecule has 2 aliphatic heterocycles. The fraction of sp³-hybridized carbons (Fsp3) is 0.526. The molecule has 8 heteroatoms. The average Bonchev–Trinajstić information content (AvgIpc) is 3.12. The van der Waals surface area contributed by atoms with Crippen LogP contribution in [0.3, 0.4) is 0 Å². The summed E-state index contributed by atoms with van der Waals surface area (Å²) in [6.45, 7) is 2.71. The summed E-state index contributed by atoms with van der Waals surface area (Å²) in [5.41, 5.74) is 1.19. The molecule has 2 amide bonds. The summed E-state index contributed by atoms with van der Waals surface area (Å²) in [7, 11) is 0. The molecule has 0 unspecified atom stereocenters. The van der Waals surface area contributed by atoms with Gasteiger partial charge in [-0.15, -0.1) is 10.2 Å². The Morgan fingerprint density at radius 3 is 2.74 bits per heavy atom. The summed E-state index contributed by atoms with van der Waals surface area (Å²) in [5, 5.41) is 8.73. The molecule has 3 heterocycles. The lowest BCUT2D eigenvalue weighted by molar-refractivity contribution is 0.0330. The molecule has 1 N–H and O–H groups in total. The fourth-order valence-corrected chi connectivity index (χ4v) is 4.21. The third-order valence-electron chi connectivity index (χ3n) is 5.69. The fourth-order valence-electron chi connectivity index (χ4n) is 3.94. The second kappa shape index (κ2) is 6.71. The highest BCUT2D eigenvalue weighted by Crippen LogP contribution is 2.44. The predicted octanol–water partition coefficient (Wildman–Crippen LogP) is 3.01. The number of carbonyl (C=O) groups is 1. The Balaban J connectivity index is 1.13. The summed E-state index contributed by atoms with van der Waals surface area (Å²) in [6, 6.07) is 5.99. The SMILES string of the molecule is O=C(N1CC(Oc2ccc(Cl)c(C3CC3)c2)C1)N1CC[C@H](c2nnc[nH]2)C1. The molecule has 1 saturated carbocycles. The molecule has 0 radical (unpaired) electrons. The number of urea groups is 1. The van der Waals surface area contributed by atoms with Crippen molar-refractivity contribution in [3.8, 4) is 5.75 Å². The zero-order valence-electron chi connectivity index (χ0n) is 15.0. The second-order valence-corrected chi connectivity index (χ2v) is 8.10. The van der Waals surface area contributed by atoms with Gasteiger partial charge in [-0.2, -0.15) is 0 Å². The largest absolute Gasteiger partial charge is 0.487 e. The minimum atomic E-state index is 0.0508. The van der Waals surface area contributed by atoms with E-state index >= 15 is 0 Å². The van der Waals surface area contributed by atoms with E-state index in [1.165, 1.54) is 18.4 Å². The van der Waals surface area contributed by atoms with E-state index in [1.807, 2.05) is 21.9 Å². The molecule has 1 aromatic heterocycles. The van der Waals surface area contributed by atoms with Gasteiger partial charge in [-0.05, 0) is 48.9 Å². The van der Waals surface area contributed by atoms with Crippen LogP contribution in [0.1, 0.15) is 42.5 Å². The first-order chi connectivity index (χ1) is 13.2. The molecule has 2 aromatic rings. The van der Waals surface area contributed by atoms with Gasteiger partial charge in [0.2, 0.25) is 0 Å². The molecule has 3 fully saturated rings. The minimum absolute atomic E-state index is 0.0508. The van der Waals surface area contributed by atoms with Crippen molar-refractivity contribution in [3.05, 3.63) is 40.9 Å². The number of hydrogen-bond acceptors (Lipinski definition) is 4. The van der Waals surface area contributed by atoms with Gasteiger partial charge >= 0.3 is 6.03 Å². The molecule has 7 nitrogen and oxygen atoms in total. The number of likely N-dealkylation sites (tertiary alicyclic amines) is 2. The molecular weight excluding hydrogens is 366 g/mol. The van der Waals surface area contributed by atoms with E-state index in [0.717, 1.165) is 29.6 Å². The van der Waals surface area contributed by atoms with Crippen LogP contribution in [0.15, 0.2) is 24.5 Å². The number of amides is 2. The molecule has 1 aliphatic carbocycles. The Kier molecular flexibility index (Phi) is 4.19. The highest BCUT2D eigenvalue weighted by atomic mass is 35.5. The number of nitrogens with one attached hydrogen (secondary N) is 1. The monoisotopic (exact) mass is 387 g/mol. The van der Waals surface area contributed by atoms with Crippen molar-refractivity contribution in [2.24, 2.45) is 0 Å². The van der Waals surface area contributed by atoms with Crippen LogP contribution in [0.2, 0.25) is 5.02 Å². The molecular formula is C19H22ClN5O2. The summed E-state index contributed by atoms with van der Waals surface area (Å²) in [5.74, 6) is 2.56. The molecule has 3 aliphatic rings. The number of aromatic nitrogens is 3. The lowest BCUT2D eigenvalue weighted by Gasteiger charge is -2.40. The summed E-state index contributed by atoms with van der Waals surface area (Å²) in [4.78, 5) is 19.5. The van der Waals surface area contributed by atoms with Gasteiger partial charge in [0.25, 0.3) is 0 Å². The normalized spacial score (nSPS) is 22.8. The lowest BCUT2D eigenvalue weighted by atomic mass is 10.1. The molecule has 0 spiro atoms. The molecule has 142 valence electrons. The van der Waals surface area contributed by atoms with Crippen molar-refractivity contribution in [2.75, 3.05) is 26.2 Å². The smallest absolute Gasteiger partial charge is 0.320 e. The van der Waals surface area contributed by atoms with Crippen molar-refractivity contribution >= 4 is 17.6 Å². The number of H-pyrrole nitrogens is 1. The highest BCUT2D eigenvalue weighted by molar-refractivity contribution is 6.31. The van der Waals surface area contributed by atoms with Crippen LogP contribution in [0.4, 0.5) is 4.79 Å². The molecule has 1 aromatic carbocycles. The molecule has 0 bridgehead atoms.